The Morgan fingerprint density at radius 1 is 0.909 bits per heavy atom. The molecule has 3 aromatic carbocycles. The van der Waals surface area contributed by atoms with Crippen LogP contribution in [0.5, 0.6) is 0 Å². The SMILES string of the molecule is O=C(CN(c1ccc(Cl)cc1Cl)S(=O)(=O)c1ccccc1)NCCSCc1cccc(Cl)c1. The molecule has 1 N–H and O–H groups in total. The van der Waals surface area contributed by atoms with Crippen LogP contribution >= 0.6 is 46.6 Å². The van der Waals surface area contributed by atoms with Crippen molar-refractivity contribution in [3.63, 3.8) is 0 Å². The zero-order valence-corrected chi connectivity index (χ0v) is 21.3. The Hall–Kier alpha value is -1.90. The van der Waals surface area contributed by atoms with Gasteiger partial charge in [0.25, 0.3) is 10.0 Å². The van der Waals surface area contributed by atoms with Gasteiger partial charge in [0.05, 0.1) is 15.6 Å². The van der Waals surface area contributed by atoms with E-state index in [4.69, 9.17) is 34.8 Å². The monoisotopic (exact) mass is 542 g/mol. The lowest BCUT2D eigenvalue weighted by Gasteiger charge is -2.25. The third-order valence-electron chi connectivity index (χ3n) is 4.52. The van der Waals surface area contributed by atoms with Crippen LogP contribution in [0, 0.1) is 0 Å². The van der Waals surface area contributed by atoms with Crippen LogP contribution in [0.1, 0.15) is 5.56 Å². The summed E-state index contributed by atoms with van der Waals surface area (Å²) in [6.45, 7) is -0.0326. The Balaban J connectivity index is 1.66. The highest BCUT2D eigenvalue weighted by atomic mass is 35.5. The zero-order chi connectivity index (χ0) is 23.8. The van der Waals surface area contributed by atoms with E-state index in [2.05, 4.69) is 5.32 Å². The van der Waals surface area contributed by atoms with Crippen molar-refractivity contribution in [2.24, 2.45) is 0 Å². The number of carbonyl (C=O) groups excluding carboxylic acids is 1. The highest BCUT2D eigenvalue weighted by molar-refractivity contribution is 7.98. The average Bonchev–Trinajstić information content (AvgIpc) is 2.78. The first kappa shape index (κ1) is 25.7. The number of hydrogen-bond donors (Lipinski definition) is 1. The summed E-state index contributed by atoms with van der Waals surface area (Å²) in [5, 5.41) is 3.95. The number of halogens is 3. The maximum absolute atomic E-state index is 13.3. The van der Waals surface area contributed by atoms with Gasteiger partial charge in [-0.3, -0.25) is 9.10 Å². The van der Waals surface area contributed by atoms with E-state index in [9.17, 15) is 13.2 Å². The van der Waals surface area contributed by atoms with Crippen molar-refractivity contribution in [2.45, 2.75) is 10.6 Å². The molecular formula is C23H21Cl3N2O3S2. The Kier molecular flexibility index (Phi) is 9.35. The van der Waals surface area contributed by atoms with Gasteiger partial charge in [0, 0.05) is 28.1 Å². The summed E-state index contributed by atoms with van der Waals surface area (Å²) in [5.41, 5.74) is 1.27. The molecule has 0 aliphatic heterocycles. The maximum Gasteiger partial charge on any atom is 0.264 e. The van der Waals surface area contributed by atoms with Crippen molar-refractivity contribution in [3.8, 4) is 0 Å². The van der Waals surface area contributed by atoms with E-state index >= 15 is 0 Å². The molecule has 0 heterocycles. The minimum Gasteiger partial charge on any atom is -0.354 e. The number of sulfonamides is 1. The Labute approximate surface area is 213 Å². The van der Waals surface area contributed by atoms with Crippen molar-refractivity contribution >= 4 is 68.2 Å². The van der Waals surface area contributed by atoms with Crippen molar-refractivity contribution in [1.29, 1.82) is 0 Å². The fourth-order valence-electron chi connectivity index (χ4n) is 2.97. The smallest absolute Gasteiger partial charge is 0.264 e. The van der Waals surface area contributed by atoms with Gasteiger partial charge in [-0.2, -0.15) is 11.8 Å². The summed E-state index contributed by atoms with van der Waals surface area (Å²) >= 11 is 19.9. The van der Waals surface area contributed by atoms with E-state index < -0.39 is 22.5 Å². The Morgan fingerprint density at radius 3 is 2.33 bits per heavy atom. The fourth-order valence-corrected chi connectivity index (χ4v) is 6.01. The Bertz CT molecular complexity index is 1210. The molecule has 0 radical (unpaired) electrons. The van der Waals surface area contributed by atoms with Gasteiger partial charge in [-0.15, -0.1) is 0 Å². The first-order chi connectivity index (χ1) is 15.8. The van der Waals surface area contributed by atoms with Gasteiger partial charge < -0.3 is 5.32 Å². The minimum atomic E-state index is -4.03. The molecule has 3 rings (SSSR count). The molecular weight excluding hydrogens is 523 g/mol. The van der Waals surface area contributed by atoms with Gasteiger partial charge in [0.15, 0.2) is 0 Å². The van der Waals surface area contributed by atoms with Crippen LogP contribution in [0.3, 0.4) is 0 Å². The van der Waals surface area contributed by atoms with Crippen LogP contribution in [0.4, 0.5) is 5.69 Å². The number of rotatable bonds is 10. The van der Waals surface area contributed by atoms with E-state index in [0.29, 0.717) is 22.3 Å². The number of amides is 1. The van der Waals surface area contributed by atoms with Crippen molar-refractivity contribution in [3.05, 3.63) is 93.4 Å². The minimum absolute atomic E-state index is 0.0564. The number of nitrogens with zero attached hydrogens (tertiary/aromatic N) is 1. The number of hydrogen-bond acceptors (Lipinski definition) is 4. The largest absolute Gasteiger partial charge is 0.354 e. The second-order valence-electron chi connectivity index (χ2n) is 6.95. The molecule has 0 aliphatic rings. The summed E-state index contributed by atoms with van der Waals surface area (Å²) in [7, 11) is -4.03. The van der Waals surface area contributed by atoms with Crippen LogP contribution in [0.25, 0.3) is 0 Å². The third kappa shape index (κ3) is 7.29. The van der Waals surface area contributed by atoms with E-state index in [1.807, 2.05) is 24.3 Å². The van der Waals surface area contributed by atoms with Crippen molar-refractivity contribution in [1.82, 2.24) is 5.32 Å². The molecule has 0 aromatic heterocycles. The predicted octanol–water partition coefficient (Wildman–Crippen LogP) is 5.89. The lowest BCUT2D eigenvalue weighted by Crippen LogP contribution is -2.41. The van der Waals surface area contributed by atoms with E-state index in [1.54, 1.807) is 30.0 Å². The average molecular weight is 544 g/mol. The molecule has 0 saturated carbocycles. The Morgan fingerprint density at radius 2 is 1.64 bits per heavy atom. The topological polar surface area (TPSA) is 66.5 Å². The van der Waals surface area contributed by atoms with Crippen LogP contribution in [0.2, 0.25) is 15.1 Å². The van der Waals surface area contributed by atoms with E-state index in [-0.39, 0.29) is 15.6 Å². The van der Waals surface area contributed by atoms with Crippen LogP contribution in [0.15, 0.2) is 77.7 Å². The van der Waals surface area contributed by atoms with Gasteiger partial charge in [-0.25, -0.2) is 8.42 Å². The second kappa shape index (κ2) is 12.0. The molecule has 1 amide bonds. The number of benzene rings is 3. The third-order valence-corrected chi connectivity index (χ3v) is 8.10. The predicted molar refractivity (Wildman–Crippen MR) is 138 cm³/mol. The highest BCUT2D eigenvalue weighted by Gasteiger charge is 2.28. The normalized spacial score (nSPS) is 11.2. The summed E-state index contributed by atoms with van der Waals surface area (Å²) in [6.07, 6.45) is 0. The molecule has 0 atom stereocenters. The lowest BCUT2D eigenvalue weighted by atomic mass is 10.2. The lowest BCUT2D eigenvalue weighted by molar-refractivity contribution is -0.119. The molecule has 0 aliphatic carbocycles. The van der Waals surface area contributed by atoms with Gasteiger partial charge >= 0.3 is 0 Å². The molecule has 0 spiro atoms. The standard InChI is InChI=1S/C23H21Cl3N2O3S2/c24-18-6-4-5-17(13-18)16-32-12-11-27-23(29)15-28(22-10-9-19(25)14-21(22)26)33(30,31)20-7-2-1-3-8-20/h1-10,13-14H,11-12,15-16H2,(H,27,29). The first-order valence-electron chi connectivity index (χ1n) is 9.89. The number of carbonyl (C=O) groups is 1. The number of nitrogens with one attached hydrogen (secondary N) is 1. The van der Waals surface area contributed by atoms with Crippen molar-refractivity contribution < 1.29 is 13.2 Å². The summed E-state index contributed by atoms with van der Waals surface area (Å²) in [5.74, 6) is 0.973. The molecule has 174 valence electrons. The molecule has 5 nitrogen and oxygen atoms in total. The van der Waals surface area contributed by atoms with E-state index in [1.165, 1.54) is 30.3 Å². The van der Waals surface area contributed by atoms with Gasteiger partial charge in [0.1, 0.15) is 6.54 Å². The highest BCUT2D eigenvalue weighted by Crippen LogP contribution is 2.32. The second-order valence-corrected chi connectivity index (χ2v) is 11.2. The molecule has 0 unspecified atom stereocenters. The summed E-state index contributed by atoms with van der Waals surface area (Å²) < 4.78 is 27.6. The summed E-state index contributed by atoms with van der Waals surface area (Å²) in [4.78, 5) is 12.7. The van der Waals surface area contributed by atoms with Gasteiger partial charge in [-0.1, -0.05) is 65.1 Å². The first-order valence-corrected chi connectivity index (χ1v) is 13.6. The van der Waals surface area contributed by atoms with Gasteiger partial charge in [-0.05, 0) is 48.0 Å². The molecule has 33 heavy (non-hydrogen) atoms. The van der Waals surface area contributed by atoms with Crippen molar-refractivity contribution in [2.75, 3.05) is 23.1 Å². The molecule has 0 fully saturated rings. The molecule has 0 bridgehead atoms. The van der Waals surface area contributed by atoms with Gasteiger partial charge in [0.2, 0.25) is 5.91 Å². The molecule has 3 aromatic rings. The fraction of sp³-hybridized carbons (Fsp3) is 0.174. The van der Waals surface area contributed by atoms with Crippen LogP contribution in [-0.4, -0.2) is 33.2 Å². The maximum atomic E-state index is 13.3. The molecule has 10 heteroatoms. The molecule has 0 saturated heterocycles. The number of thioether (sulfide) groups is 1. The quantitative estimate of drug-likeness (QED) is 0.324. The van der Waals surface area contributed by atoms with E-state index in [0.717, 1.165) is 15.6 Å². The summed E-state index contributed by atoms with van der Waals surface area (Å²) in [6, 6.07) is 19.9. The van der Waals surface area contributed by atoms with Crippen LogP contribution in [-0.2, 0) is 20.6 Å². The van der Waals surface area contributed by atoms with Crippen LogP contribution < -0.4 is 9.62 Å². The zero-order valence-electron chi connectivity index (χ0n) is 17.4. The number of anilines is 1.